The fraction of sp³-hybridized carbons (Fsp3) is 0.0952. The first kappa shape index (κ1) is 20.5. The third-order valence-corrected chi connectivity index (χ3v) is 6.00. The average molecular weight is 461 g/mol. The highest BCUT2D eigenvalue weighted by molar-refractivity contribution is 7.98. The molecule has 4 rings (SSSR count). The van der Waals surface area contributed by atoms with Crippen molar-refractivity contribution in [1.82, 2.24) is 9.55 Å². The van der Waals surface area contributed by atoms with Crippen LogP contribution in [0.4, 0.5) is 0 Å². The standard InChI is InChI=1S/C21H14Cl2N2O4S/c1-28-20(27)18-9-7-13(29-18)11-30-21-24-17-5-3-2-4-14(17)19(26)25(21)12-6-8-15(22)16(23)10-12/h2-10H,11H2,1H3. The van der Waals surface area contributed by atoms with Gasteiger partial charge in [0.05, 0.1) is 39.5 Å². The molecule has 0 atom stereocenters. The van der Waals surface area contributed by atoms with Crippen molar-refractivity contribution in [3.8, 4) is 5.69 Å². The number of methoxy groups -OCH3 is 1. The van der Waals surface area contributed by atoms with Gasteiger partial charge in [0.15, 0.2) is 5.16 Å². The molecule has 4 aromatic rings. The second-order valence-corrected chi connectivity index (χ2v) is 7.95. The van der Waals surface area contributed by atoms with E-state index in [1.807, 2.05) is 6.07 Å². The zero-order valence-electron chi connectivity index (χ0n) is 15.6. The average Bonchev–Trinajstić information content (AvgIpc) is 3.23. The Kier molecular flexibility index (Phi) is 5.85. The summed E-state index contributed by atoms with van der Waals surface area (Å²) in [6.45, 7) is 0. The Bertz CT molecular complexity index is 1320. The summed E-state index contributed by atoms with van der Waals surface area (Å²) in [5.41, 5.74) is 0.900. The van der Waals surface area contributed by atoms with Crippen LogP contribution >= 0.6 is 35.0 Å². The van der Waals surface area contributed by atoms with E-state index in [0.717, 1.165) is 0 Å². The lowest BCUT2D eigenvalue weighted by Gasteiger charge is -2.13. The number of furan rings is 1. The van der Waals surface area contributed by atoms with Gasteiger partial charge in [-0.3, -0.25) is 9.36 Å². The zero-order valence-corrected chi connectivity index (χ0v) is 17.9. The maximum absolute atomic E-state index is 13.2. The van der Waals surface area contributed by atoms with E-state index in [4.69, 9.17) is 27.6 Å². The van der Waals surface area contributed by atoms with Crippen LogP contribution in [-0.4, -0.2) is 22.6 Å². The number of para-hydroxylation sites is 1. The summed E-state index contributed by atoms with van der Waals surface area (Å²) in [6.07, 6.45) is 0. The monoisotopic (exact) mass is 460 g/mol. The van der Waals surface area contributed by atoms with Crippen molar-refractivity contribution in [3.63, 3.8) is 0 Å². The van der Waals surface area contributed by atoms with Crippen LogP contribution in [0.5, 0.6) is 0 Å². The lowest BCUT2D eigenvalue weighted by atomic mass is 10.2. The van der Waals surface area contributed by atoms with Gasteiger partial charge in [-0.2, -0.15) is 0 Å². The molecule has 0 N–H and O–H groups in total. The minimum atomic E-state index is -0.553. The van der Waals surface area contributed by atoms with E-state index in [-0.39, 0.29) is 11.3 Å². The van der Waals surface area contributed by atoms with Gasteiger partial charge in [0.2, 0.25) is 5.76 Å². The molecular weight excluding hydrogens is 447 g/mol. The fourth-order valence-corrected chi connectivity index (χ4v) is 4.06. The van der Waals surface area contributed by atoms with E-state index in [0.29, 0.717) is 43.3 Å². The minimum absolute atomic E-state index is 0.112. The number of aromatic nitrogens is 2. The van der Waals surface area contributed by atoms with E-state index in [1.165, 1.54) is 23.4 Å². The zero-order chi connectivity index (χ0) is 21.3. The van der Waals surface area contributed by atoms with Gasteiger partial charge in [-0.15, -0.1) is 0 Å². The van der Waals surface area contributed by atoms with E-state index in [9.17, 15) is 9.59 Å². The number of hydrogen-bond donors (Lipinski definition) is 0. The molecular formula is C21H14Cl2N2O4S. The smallest absolute Gasteiger partial charge is 0.373 e. The Morgan fingerprint density at radius 2 is 1.93 bits per heavy atom. The normalized spacial score (nSPS) is 11.0. The van der Waals surface area contributed by atoms with Crippen LogP contribution in [-0.2, 0) is 10.5 Å². The van der Waals surface area contributed by atoms with Crippen molar-refractivity contribution in [2.75, 3.05) is 7.11 Å². The van der Waals surface area contributed by atoms with Gasteiger partial charge < -0.3 is 9.15 Å². The molecule has 6 nitrogen and oxygen atoms in total. The maximum atomic E-state index is 13.2. The Balaban J connectivity index is 1.77. The number of thioether (sulfide) groups is 1. The first-order chi connectivity index (χ1) is 14.5. The molecule has 0 radical (unpaired) electrons. The quantitative estimate of drug-likeness (QED) is 0.226. The lowest BCUT2D eigenvalue weighted by molar-refractivity contribution is 0.0563. The molecule has 0 aliphatic rings. The number of halogens is 2. The van der Waals surface area contributed by atoms with Gasteiger partial charge >= 0.3 is 5.97 Å². The number of carbonyl (C=O) groups excluding carboxylic acids is 1. The second-order valence-electron chi connectivity index (χ2n) is 6.20. The minimum Gasteiger partial charge on any atom is -0.463 e. The molecule has 152 valence electrons. The molecule has 9 heteroatoms. The molecule has 0 saturated carbocycles. The van der Waals surface area contributed by atoms with Crippen molar-refractivity contribution < 1.29 is 13.9 Å². The lowest BCUT2D eigenvalue weighted by Crippen LogP contribution is -2.21. The van der Waals surface area contributed by atoms with Gasteiger partial charge in [0.25, 0.3) is 5.56 Å². The van der Waals surface area contributed by atoms with Crippen LogP contribution in [0.25, 0.3) is 16.6 Å². The second kappa shape index (κ2) is 8.55. The molecule has 0 fully saturated rings. The van der Waals surface area contributed by atoms with Crippen LogP contribution < -0.4 is 5.56 Å². The molecule has 0 unspecified atom stereocenters. The highest BCUT2D eigenvalue weighted by Gasteiger charge is 2.16. The summed E-state index contributed by atoms with van der Waals surface area (Å²) in [6, 6.07) is 15.3. The molecule has 0 aliphatic carbocycles. The van der Waals surface area contributed by atoms with E-state index < -0.39 is 5.97 Å². The Morgan fingerprint density at radius 3 is 2.70 bits per heavy atom. The molecule has 0 amide bonds. The number of esters is 1. The SMILES string of the molecule is COC(=O)c1ccc(CSc2nc3ccccc3c(=O)n2-c2ccc(Cl)c(Cl)c2)o1. The van der Waals surface area contributed by atoms with Crippen molar-refractivity contribution >= 4 is 51.8 Å². The largest absolute Gasteiger partial charge is 0.463 e. The topological polar surface area (TPSA) is 74.3 Å². The molecule has 2 heterocycles. The molecule has 2 aromatic heterocycles. The Hall–Kier alpha value is -2.74. The summed E-state index contributed by atoms with van der Waals surface area (Å²) < 4.78 is 11.6. The highest BCUT2D eigenvalue weighted by atomic mass is 35.5. The molecule has 2 aromatic carbocycles. The number of hydrogen-bond acceptors (Lipinski definition) is 6. The number of rotatable bonds is 5. The summed E-state index contributed by atoms with van der Waals surface area (Å²) in [5, 5.41) is 1.66. The molecule has 0 aliphatic heterocycles. The van der Waals surface area contributed by atoms with Crippen LogP contribution in [0.3, 0.4) is 0 Å². The third-order valence-electron chi connectivity index (χ3n) is 4.30. The van der Waals surface area contributed by atoms with Gasteiger partial charge in [-0.1, -0.05) is 47.1 Å². The number of benzene rings is 2. The van der Waals surface area contributed by atoms with Crippen LogP contribution in [0, 0.1) is 0 Å². The van der Waals surface area contributed by atoms with Crippen molar-refractivity contribution in [2.45, 2.75) is 10.9 Å². The molecule has 0 saturated heterocycles. The van der Waals surface area contributed by atoms with Gasteiger partial charge in [-0.05, 0) is 42.5 Å². The van der Waals surface area contributed by atoms with Gasteiger partial charge in [-0.25, -0.2) is 9.78 Å². The third kappa shape index (κ3) is 3.96. The molecule has 0 spiro atoms. The van der Waals surface area contributed by atoms with Crippen molar-refractivity contribution in [1.29, 1.82) is 0 Å². The number of carbonyl (C=O) groups is 1. The molecule has 30 heavy (non-hydrogen) atoms. The van der Waals surface area contributed by atoms with E-state index >= 15 is 0 Å². The van der Waals surface area contributed by atoms with Gasteiger partial charge in [0.1, 0.15) is 5.76 Å². The number of ether oxygens (including phenoxy) is 1. The van der Waals surface area contributed by atoms with Crippen molar-refractivity contribution in [3.05, 3.63) is 86.5 Å². The van der Waals surface area contributed by atoms with Crippen LogP contribution in [0.2, 0.25) is 10.0 Å². The predicted octanol–water partition coefficient (Wildman–Crippen LogP) is 5.36. The first-order valence-electron chi connectivity index (χ1n) is 8.75. The van der Waals surface area contributed by atoms with Gasteiger partial charge in [0, 0.05) is 0 Å². The highest BCUT2D eigenvalue weighted by Crippen LogP contribution is 2.29. The molecule has 0 bridgehead atoms. The van der Waals surface area contributed by atoms with E-state index in [2.05, 4.69) is 9.72 Å². The van der Waals surface area contributed by atoms with Crippen LogP contribution in [0.1, 0.15) is 16.3 Å². The predicted molar refractivity (Wildman–Crippen MR) is 117 cm³/mol. The number of nitrogens with zero attached hydrogens (tertiary/aromatic N) is 2. The fourth-order valence-electron chi connectivity index (χ4n) is 2.86. The summed E-state index contributed by atoms with van der Waals surface area (Å²) in [5.74, 6) is 0.455. The van der Waals surface area contributed by atoms with Crippen molar-refractivity contribution in [2.24, 2.45) is 0 Å². The summed E-state index contributed by atoms with van der Waals surface area (Å²) in [4.78, 5) is 29.5. The van der Waals surface area contributed by atoms with Crippen LogP contribution in [0.15, 0.2) is 69.0 Å². The Morgan fingerprint density at radius 1 is 1.13 bits per heavy atom. The Labute approximate surface area is 185 Å². The number of fused-ring (bicyclic) bond motifs is 1. The van der Waals surface area contributed by atoms with E-state index in [1.54, 1.807) is 48.5 Å². The summed E-state index contributed by atoms with van der Waals surface area (Å²) >= 11 is 13.5. The maximum Gasteiger partial charge on any atom is 0.373 e. The first-order valence-corrected chi connectivity index (χ1v) is 10.5. The summed E-state index contributed by atoms with van der Waals surface area (Å²) in [7, 11) is 1.29.